The van der Waals surface area contributed by atoms with E-state index in [1.54, 1.807) is 26.2 Å². The second kappa shape index (κ2) is 9.56. The molecule has 0 radical (unpaired) electrons. The van der Waals surface area contributed by atoms with Crippen molar-refractivity contribution >= 4 is 11.9 Å². The number of amides is 1. The molecule has 26 heavy (non-hydrogen) atoms. The van der Waals surface area contributed by atoms with Gasteiger partial charge in [0.2, 0.25) is 0 Å². The lowest BCUT2D eigenvalue weighted by Gasteiger charge is -2.09. The number of hydrogen-bond acceptors (Lipinski definition) is 4. The Hall–Kier alpha value is -2.89. The summed E-state index contributed by atoms with van der Waals surface area (Å²) in [5.74, 6) is -0.507. The molecule has 0 saturated carbocycles. The highest BCUT2D eigenvalue weighted by atomic mass is 19.1. The lowest BCUT2D eigenvalue weighted by molar-refractivity contribution is -0.148. The number of para-hydroxylation sites is 1. The van der Waals surface area contributed by atoms with Gasteiger partial charge < -0.3 is 14.8 Å². The summed E-state index contributed by atoms with van der Waals surface area (Å²) in [4.78, 5) is 23.5. The standard InChI is InChI=1S/C20H22FNO4/c1-14-7-8-15(11-17(14)21)12-22-19(23)13-26-20(24)10-9-16-5-3-4-6-18(16)25-2/h3-8,11H,9-10,12-13H2,1-2H3,(H,22,23). The zero-order valence-corrected chi connectivity index (χ0v) is 14.9. The number of halogens is 1. The molecule has 0 aromatic heterocycles. The van der Waals surface area contributed by atoms with Gasteiger partial charge in [-0.2, -0.15) is 0 Å². The zero-order valence-electron chi connectivity index (χ0n) is 14.9. The predicted molar refractivity (Wildman–Crippen MR) is 95.3 cm³/mol. The van der Waals surface area contributed by atoms with Gasteiger partial charge in [-0.15, -0.1) is 0 Å². The third kappa shape index (κ3) is 5.88. The van der Waals surface area contributed by atoms with E-state index in [1.165, 1.54) is 6.07 Å². The van der Waals surface area contributed by atoms with Gasteiger partial charge in [-0.05, 0) is 42.2 Å². The van der Waals surface area contributed by atoms with Crippen molar-refractivity contribution in [1.82, 2.24) is 5.32 Å². The maximum absolute atomic E-state index is 13.4. The highest BCUT2D eigenvalue weighted by Gasteiger charge is 2.10. The van der Waals surface area contributed by atoms with Crippen molar-refractivity contribution in [3.63, 3.8) is 0 Å². The normalized spacial score (nSPS) is 10.3. The summed E-state index contributed by atoms with van der Waals surface area (Å²) in [7, 11) is 1.57. The summed E-state index contributed by atoms with van der Waals surface area (Å²) in [6.07, 6.45) is 0.615. The van der Waals surface area contributed by atoms with Gasteiger partial charge in [0, 0.05) is 13.0 Å². The Labute approximate surface area is 152 Å². The molecule has 0 atom stereocenters. The minimum atomic E-state index is -0.465. The fraction of sp³-hybridized carbons (Fsp3) is 0.300. The fourth-order valence-electron chi connectivity index (χ4n) is 2.36. The number of benzene rings is 2. The van der Waals surface area contributed by atoms with Gasteiger partial charge in [0.1, 0.15) is 11.6 Å². The topological polar surface area (TPSA) is 64.6 Å². The van der Waals surface area contributed by atoms with Crippen molar-refractivity contribution in [2.75, 3.05) is 13.7 Å². The highest BCUT2D eigenvalue weighted by Crippen LogP contribution is 2.18. The third-order valence-corrected chi connectivity index (χ3v) is 3.88. The average molecular weight is 359 g/mol. The lowest BCUT2D eigenvalue weighted by atomic mass is 10.1. The van der Waals surface area contributed by atoms with Gasteiger partial charge in [-0.1, -0.05) is 30.3 Å². The number of ether oxygens (including phenoxy) is 2. The Morgan fingerprint density at radius 1 is 1.15 bits per heavy atom. The van der Waals surface area contributed by atoms with E-state index in [0.29, 0.717) is 23.3 Å². The van der Waals surface area contributed by atoms with Crippen LogP contribution >= 0.6 is 0 Å². The Morgan fingerprint density at radius 3 is 2.65 bits per heavy atom. The van der Waals surface area contributed by atoms with Crippen LogP contribution in [0.2, 0.25) is 0 Å². The van der Waals surface area contributed by atoms with Gasteiger partial charge in [-0.3, -0.25) is 9.59 Å². The maximum Gasteiger partial charge on any atom is 0.306 e. The maximum atomic E-state index is 13.4. The van der Waals surface area contributed by atoms with E-state index in [-0.39, 0.29) is 25.4 Å². The Bertz CT molecular complexity index is 776. The molecule has 5 nitrogen and oxygen atoms in total. The third-order valence-electron chi connectivity index (χ3n) is 3.88. The van der Waals surface area contributed by atoms with Crippen molar-refractivity contribution < 1.29 is 23.5 Å². The summed E-state index contributed by atoms with van der Waals surface area (Å²) in [5, 5.41) is 2.59. The molecule has 0 aliphatic rings. The minimum absolute atomic E-state index is 0.150. The van der Waals surface area contributed by atoms with E-state index in [1.807, 2.05) is 24.3 Å². The number of aryl methyl sites for hydroxylation is 2. The first-order chi connectivity index (χ1) is 12.5. The molecule has 0 aliphatic carbocycles. The van der Waals surface area contributed by atoms with E-state index >= 15 is 0 Å². The van der Waals surface area contributed by atoms with Crippen LogP contribution in [-0.4, -0.2) is 25.6 Å². The van der Waals surface area contributed by atoms with Gasteiger partial charge in [0.05, 0.1) is 7.11 Å². The predicted octanol–water partition coefficient (Wildman–Crippen LogP) is 2.93. The fourth-order valence-corrected chi connectivity index (χ4v) is 2.36. The minimum Gasteiger partial charge on any atom is -0.496 e. The first kappa shape index (κ1) is 19.4. The molecule has 0 fully saturated rings. The number of methoxy groups -OCH3 is 1. The summed E-state index contributed by atoms with van der Waals surface area (Å²) < 4.78 is 23.6. The van der Waals surface area contributed by atoms with Crippen molar-refractivity contribution in [2.45, 2.75) is 26.3 Å². The van der Waals surface area contributed by atoms with E-state index < -0.39 is 11.9 Å². The van der Waals surface area contributed by atoms with Crippen LogP contribution in [0.4, 0.5) is 4.39 Å². The van der Waals surface area contributed by atoms with Gasteiger partial charge in [-0.25, -0.2) is 4.39 Å². The molecular weight excluding hydrogens is 337 g/mol. The van der Waals surface area contributed by atoms with Gasteiger partial charge in [0.25, 0.3) is 5.91 Å². The van der Waals surface area contributed by atoms with Crippen LogP contribution in [0.3, 0.4) is 0 Å². The second-order valence-electron chi connectivity index (χ2n) is 5.83. The van der Waals surface area contributed by atoms with Crippen LogP contribution < -0.4 is 10.1 Å². The van der Waals surface area contributed by atoms with E-state index in [2.05, 4.69) is 5.32 Å². The second-order valence-corrected chi connectivity index (χ2v) is 5.83. The van der Waals surface area contributed by atoms with Crippen LogP contribution in [0.25, 0.3) is 0 Å². The number of carbonyl (C=O) groups is 2. The smallest absolute Gasteiger partial charge is 0.306 e. The van der Waals surface area contributed by atoms with Gasteiger partial charge >= 0.3 is 5.97 Å². The number of rotatable bonds is 8. The van der Waals surface area contributed by atoms with Crippen LogP contribution in [0.5, 0.6) is 5.75 Å². The largest absolute Gasteiger partial charge is 0.496 e. The monoisotopic (exact) mass is 359 g/mol. The summed E-state index contributed by atoms with van der Waals surface area (Å²) in [5.41, 5.74) is 2.09. The number of nitrogens with one attached hydrogen (secondary N) is 1. The summed E-state index contributed by atoms with van der Waals surface area (Å²) in [6.45, 7) is 1.48. The quantitative estimate of drug-likeness (QED) is 0.736. The number of hydrogen-bond donors (Lipinski definition) is 1. The first-order valence-corrected chi connectivity index (χ1v) is 8.29. The van der Waals surface area contributed by atoms with Crippen LogP contribution in [0, 0.1) is 12.7 Å². The molecule has 0 aliphatic heterocycles. The van der Waals surface area contributed by atoms with E-state index in [9.17, 15) is 14.0 Å². The molecule has 0 bridgehead atoms. The molecule has 1 amide bonds. The zero-order chi connectivity index (χ0) is 18.9. The molecule has 2 aromatic carbocycles. The van der Waals surface area contributed by atoms with Crippen molar-refractivity contribution in [2.24, 2.45) is 0 Å². The Morgan fingerprint density at radius 2 is 1.92 bits per heavy atom. The van der Waals surface area contributed by atoms with Crippen LogP contribution in [-0.2, 0) is 27.3 Å². The highest BCUT2D eigenvalue weighted by molar-refractivity contribution is 5.80. The van der Waals surface area contributed by atoms with Crippen molar-refractivity contribution in [3.05, 3.63) is 65.0 Å². The average Bonchev–Trinajstić information content (AvgIpc) is 2.65. The molecule has 0 spiro atoms. The van der Waals surface area contributed by atoms with Gasteiger partial charge in [0.15, 0.2) is 6.61 Å². The molecular formula is C20H22FNO4. The molecule has 1 N–H and O–H groups in total. The lowest BCUT2D eigenvalue weighted by Crippen LogP contribution is -2.28. The van der Waals surface area contributed by atoms with Crippen molar-refractivity contribution in [1.29, 1.82) is 0 Å². The van der Waals surface area contributed by atoms with Crippen molar-refractivity contribution in [3.8, 4) is 5.75 Å². The van der Waals surface area contributed by atoms with Crippen LogP contribution in [0.15, 0.2) is 42.5 Å². The van der Waals surface area contributed by atoms with E-state index in [0.717, 1.165) is 5.56 Å². The number of carbonyl (C=O) groups excluding carboxylic acids is 2. The molecule has 2 rings (SSSR count). The molecule has 6 heteroatoms. The van der Waals surface area contributed by atoms with Crippen LogP contribution in [0.1, 0.15) is 23.1 Å². The molecule has 0 heterocycles. The Kier molecular flexibility index (Phi) is 7.14. The summed E-state index contributed by atoms with van der Waals surface area (Å²) in [6, 6.07) is 12.2. The Balaban J connectivity index is 1.71. The summed E-state index contributed by atoms with van der Waals surface area (Å²) >= 11 is 0. The molecule has 138 valence electrons. The molecule has 2 aromatic rings. The SMILES string of the molecule is COc1ccccc1CCC(=O)OCC(=O)NCc1ccc(C)c(F)c1. The first-order valence-electron chi connectivity index (χ1n) is 8.29. The van der Waals surface area contributed by atoms with E-state index in [4.69, 9.17) is 9.47 Å². The molecule has 0 saturated heterocycles. The number of esters is 1. The molecule has 0 unspecified atom stereocenters.